The molecule has 0 heterocycles. The summed E-state index contributed by atoms with van der Waals surface area (Å²) in [5.74, 6) is -0.767. The summed E-state index contributed by atoms with van der Waals surface area (Å²) in [6.07, 6.45) is 1.94. The molecular weight excluding hydrogens is 232 g/mol. The van der Waals surface area contributed by atoms with E-state index in [0.29, 0.717) is 12.0 Å². The number of methoxy groups -OCH3 is 1. The molecule has 0 fully saturated rings. The average molecular weight is 248 g/mol. The highest BCUT2D eigenvalue weighted by Crippen LogP contribution is 1.98. The van der Waals surface area contributed by atoms with Crippen molar-refractivity contribution in [2.45, 2.75) is 12.5 Å². The second-order valence-electron chi connectivity index (χ2n) is 3.56. The predicted octanol–water partition coefficient (Wildman–Crippen LogP) is 1.04. The molecule has 0 aliphatic rings. The maximum absolute atomic E-state index is 11.7. The van der Waals surface area contributed by atoms with E-state index in [0.717, 1.165) is 0 Å². The van der Waals surface area contributed by atoms with Gasteiger partial charge in [-0.3, -0.25) is 15.0 Å². The summed E-state index contributed by atoms with van der Waals surface area (Å²) in [5, 5.41) is 0. The Morgan fingerprint density at radius 1 is 1.39 bits per heavy atom. The predicted molar refractivity (Wildman–Crippen MR) is 67.7 cm³/mol. The summed E-state index contributed by atoms with van der Waals surface area (Å²) < 4.78 is 4.60. The first-order valence-corrected chi connectivity index (χ1v) is 5.48. The SMILES string of the molecule is C=CCC(NNC(=O)c1ccccc1)C(=O)OC. The Hall–Kier alpha value is -2.14. The topological polar surface area (TPSA) is 67.4 Å². The number of hydrogen-bond donors (Lipinski definition) is 2. The van der Waals surface area contributed by atoms with Crippen molar-refractivity contribution in [1.82, 2.24) is 10.9 Å². The summed E-state index contributed by atoms with van der Waals surface area (Å²) in [7, 11) is 1.29. The Morgan fingerprint density at radius 2 is 2.06 bits per heavy atom. The van der Waals surface area contributed by atoms with Crippen molar-refractivity contribution in [2.24, 2.45) is 0 Å². The first-order chi connectivity index (χ1) is 8.69. The van der Waals surface area contributed by atoms with Gasteiger partial charge < -0.3 is 4.74 Å². The highest BCUT2D eigenvalue weighted by atomic mass is 16.5. The number of amides is 1. The molecule has 1 aromatic rings. The van der Waals surface area contributed by atoms with Gasteiger partial charge >= 0.3 is 5.97 Å². The molecule has 0 radical (unpaired) electrons. The van der Waals surface area contributed by atoms with E-state index in [9.17, 15) is 9.59 Å². The van der Waals surface area contributed by atoms with Crippen LogP contribution in [0, 0.1) is 0 Å². The molecule has 0 aliphatic heterocycles. The summed E-state index contributed by atoms with van der Waals surface area (Å²) in [4.78, 5) is 23.1. The molecule has 96 valence electrons. The van der Waals surface area contributed by atoms with Crippen LogP contribution in [-0.2, 0) is 9.53 Å². The minimum Gasteiger partial charge on any atom is -0.468 e. The molecule has 1 aromatic carbocycles. The van der Waals surface area contributed by atoms with Crippen LogP contribution < -0.4 is 10.9 Å². The van der Waals surface area contributed by atoms with Gasteiger partial charge in [-0.05, 0) is 18.6 Å². The van der Waals surface area contributed by atoms with Gasteiger partial charge in [0.1, 0.15) is 6.04 Å². The Balaban J connectivity index is 2.54. The number of ether oxygens (including phenoxy) is 1. The molecule has 0 saturated carbocycles. The molecule has 0 aromatic heterocycles. The smallest absolute Gasteiger partial charge is 0.324 e. The maximum Gasteiger partial charge on any atom is 0.324 e. The van der Waals surface area contributed by atoms with Crippen LogP contribution in [0.1, 0.15) is 16.8 Å². The van der Waals surface area contributed by atoms with E-state index in [4.69, 9.17) is 0 Å². The van der Waals surface area contributed by atoms with E-state index >= 15 is 0 Å². The third kappa shape index (κ3) is 4.03. The van der Waals surface area contributed by atoms with Gasteiger partial charge in [-0.15, -0.1) is 6.58 Å². The molecule has 18 heavy (non-hydrogen) atoms. The lowest BCUT2D eigenvalue weighted by Gasteiger charge is -2.15. The average Bonchev–Trinajstić information content (AvgIpc) is 2.43. The molecular formula is C13H16N2O3. The van der Waals surface area contributed by atoms with Crippen LogP contribution in [0.4, 0.5) is 0 Å². The molecule has 2 N–H and O–H groups in total. The lowest BCUT2D eigenvalue weighted by molar-refractivity contribution is -0.143. The molecule has 5 nitrogen and oxygen atoms in total. The first-order valence-electron chi connectivity index (χ1n) is 5.48. The number of carbonyl (C=O) groups excluding carboxylic acids is 2. The number of carbonyl (C=O) groups is 2. The van der Waals surface area contributed by atoms with Gasteiger partial charge in [0.2, 0.25) is 0 Å². The largest absolute Gasteiger partial charge is 0.468 e. The van der Waals surface area contributed by atoms with Crippen LogP contribution in [0.15, 0.2) is 43.0 Å². The van der Waals surface area contributed by atoms with E-state index in [1.807, 2.05) is 6.07 Å². The molecule has 0 bridgehead atoms. The molecule has 0 spiro atoms. The van der Waals surface area contributed by atoms with Gasteiger partial charge in [-0.2, -0.15) is 0 Å². The van der Waals surface area contributed by atoms with E-state index in [1.54, 1.807) is 30.3 Å². The van der Waals surface area contributed by atoms with E-state index in [-0.39, 0.29) is 5.91 Å². The van der Waals surface area contributed by atoms with Crippen molar-refractivity contribution < 1.29 is 14.3 Å². The second kappa shape index (κ2) is 7.24. The highest BCUT2D eigenvalue weighted by molar-refractivity contribution is 5.94. The van der Waals surface area contributed by atoms with Crippen molar-refractivity contribution >= 4 is 11.9 Å². The van der Waals surface area contributed by atoms with Gasteiger partial charge in [0, 0.05) is 5.56 Å². The van der Waals surface area contributed by atoms with Crippen LogP contribution in [0.5, 0.6) is 0 Å². The normalized spacial score (nSPS) is 11.4. The standard InChI is InChI=1S/C13H16N2O3/c1-3-7-11(13(17)18-2)14-15-12(16)10-8-5-4-6-9-10/h3-6,8-9,11,14H,1,7H2,2H3,(H,15,16). The Labute approximate surface area is 106 Å². The monoisotopic (exact) mass is 248 g/mol. The Bertz CT molecular complexity index is 418. The summed E-state index contributed by atoms with van der Waals surface area (Å²) in [6, 6.07) is 8.06. The van der Waals surface area contributed by atoms with Crippen molar-refractivity contribution in [3.8, 4) is 0 Å². The molecule has 1 atom stereocenters. The summed E-state index contributed by atoms with van der Waals surface area (Å²) in [5.41, 5.74) is 5.59. The van der Waals surface area contributed by atoms with E-state index < -0.39 is 12.0 Å². The lowest BCUT2D eigenvalue weighted by atomic mass is 10.2. The quantitative estimate of drug-likeness (QED) is 0.448. The minimum atomic E-state index is -0.639. The van der Waals surface area contributed by atoms with Gasteiger partial charge in [0.25, 0.3) is 5.91 Å². The molecule has 1 rings (SSSR count). The first kappa shape index (κ1) is 13.9. The second-order valence-corrected chi connectivity index (χ2v) is 3.56. The maximum atomic E-state index is 11.7. The van der Waals surface area contributed by atoms with Crippen molar-refractivity contribution in [1.29, 1.82) is 0 Å². The zero-order valence-corrected chi connectivity index (χ0v) is 10.2. The highest BCUT2D eigenvalue weighted by Gasteiger charge is 2.17. The Morgan fingerprint density at radius 3 is 2.61 bits per heavy atom. The fraction of sp³-hybridized carbons (Fsp3) is 0.231. The van der Waals surface area contributed by atoms with Gasteiger partial charge in [0.05, 0.1) is 7.11 Å². The number of rotatable bonds is 6. The number of hydrogen-bond acceptors (Lipinski definition) is 4. The molecule has 0 saturated heterocycles. The van der Waals surface area contributed by atoms with Gasteiger partial charge in [-0.1, -0.05) is 24.3 Å². The molecule has 1 unspecified atom stereocenters. The van der Waals surface area contributed by atoms with Crippen LogP contribution >= 0.6 is 0 Å². The molecule has 0 aliphatic carbocycles. The lowest BCUT2D eigenvalue weighted by Crippen LogP contribution is -2.48. The van der Waals surface area contributed by atoms with E-state index in [1.165, 1.54) is 7.11 Å². The van der Waals surface area contributed by atoms with Crippen LogP contribution in [0.3, 0.4) is 0 Å². The van der Waals surface area contributed by atoms with Gasteiger partial charge in [-0.25, -0.2) is 5.43 Å². The number of hydrazine groups is 1. The number of esters is 1. The summed E-state index contributed by atoms with van der Waals surface area (Å²) >= 11 is 0. The summed E-state index contributed by atoms with van der Waals surface area (Å²) in [6.45, 7) is 3.54. The van der Waals surface area contributed by atoms with Crippen LogP contribution in [-0.4, -0.2) is 25.0 Å². The molecule has 1 amide bonds. The number of benzene rings is 1. The van der Waals surface area contributed by atoms with Crippen LogP contribution in [0.25, 0.3) is 0 Å². The zero-order valence-electron chi connectivity index (χ0n) is 10.2. The van der Waals surface area contributed by atoms with Crippen LogP contribution in [0.2, 0.25) is 0 Å². The minimum absolute atomic E-state index is 0.312. The third-order valence-electron chi connectivity index (χ3n) is 2.28. The fourth-order valence-corrected chi connectivity index (χ4v) is 1.34. The van der Waals surface area contributed by atoms with Gasteiger partial charge in [0.15, 0.2) is 0 Å². The van der Waals surface area contributed by atoms with Crippen molar-refractivity contribution in [3.05, 3.63) is 48.6 Å². The Kier molecular flexibility index (Phi) is 5.60. The zero-order chi connectivity index (χ0) is 13.4. The van der Waals surface area contributed by atoms with Crippen molar-refractivity contribution in [2.75, 3.05) is 7.11 Å². The fourth-order valence-electron chi connectivity index (χ4n) is 1.34. The van der Waals surface area contributed by atoms with Crippen molar-refractivity contribution in [3.63, 3.8) is 0 Å². The molecule has 5 heteroatoms. The van der Waals surface area contributed by atoms with E-state index in [2.05, 4.69) is 22.2 Å². The third-order valence-corrected chi connectivity index (χ3v) is 2.28. The number of nitrogens with one attached hydrogen (secondary N) is 2.